The van der Waals surface area contributed by atoms with Crippen molar-refractivity contribution in [1.29, 1.82) is 0 Å². The smallest absolute Gasteiger partial charge is 0.256 e. The van der Waals surface area contributed by atoms with E-state index >= 15 is 0 Å². The number of hydrogen-bond donors (Lipinski definition) is 1. The second-order valence-corrected chi connectivity index (χ2v) is 8.51. The van der Waals surface area contributed by atoms with Gasteiger partial charge in [-0.05, 0) is 53.9 Å². The molecule has 2 amide bonds. The fourth-order valence-corrected chi connectivity index (χ4v) is 4.25. The molecule has 5 nitrogen and oxygen atoms in total. The first-order valence-corrected chi connectivity index (χ1v) is 11.1. The first kappa shape index (κ1) is 21.3. The molecule has 0 saturated carbocycles. The highest BCUT2D eigenvalue weighted by Gasteiger charge is 2.40. The van der Waals surface area contributed by atoms with Gasteiger partial charge in [0.05, 0.1) is 17.1 Å². The topological polar surface area (TPSA) is 58.6 Å². The molecule has 1 heterocycles. The summed E-state index contributed by atoms with van der Waals surface area (Å²) < 4.78 is 5.80. The SMILES string of the molecule is O=C1CC(Nc2ccc(Oc3ccc(Cl)cc3)c(Cl)c2)C(=O)N1c1cccc2ccccc12. The zero-order valence-corrected chi connectivity index (χ0v) is 18.8. The van der Waals surface area contributed by atoms with Crippen LogP contribution in [0.25, 0.3) is 10.8 Å². The molecule has 7 heteroatoms. The highest BCUT2D eigenvalue weighted by atomic mass is 35.5. The van der Waals surface area contributed by atoms with E-state index in [1.54, 1.807) is 48.5 Å². The number of nitrogens with zero attached hydrogens (tertiary/aromatic N) is 1. The minimum Gasteiger partial charge on any atom is -0.456 e. The Morgan fingerprint density at radius 3 is 2.42 bits per heavy atom. The lowest BCUT2D eigenvalue weighted by atomic mass is 10.1. The molecule has 1 aliphatic heterocycles. The summed E-state index contributed by atoms with van der Waals surface area (Å²) in [5.41, 5.74) is 1.21. The molecular weight excluding hydrogens is 459 g/mol. The van der Waals surface area contributed by atoms with Gasteiger partial charge in [0.15, 0.2) is 0 Å². The fraction of sp³-hybridized carbons (Fsp3) is 0.0769. The van der Waals surface area contributed by atoms with Crippen LogP contribution >= 0.6 is 23.2 Å². The maximum absolute atomic E-state index is 13.2. The lowest BCUT2D eigenvalue weighted by molar-refractivity contribution is -0.121. The number of amides is 2. The summed E-state index contributed by atoms with van der Waals surface area (Å²) in [5, 5.41) is 5.95. The van der Waals surface area contributed by atoms with Gasteiger partial charge in [-0.2, -0.15) is 0 Å². The largest absolute Gasteiger partial charge is 0.456 e. The Hall–Kier alpha value is -3.54. The summed E-state index contributed by atoms with van der Waals surface area (Å²) >= 11 is 12.3. The molecule has 0 spiro atoms. The van der Waals surface area contributed by atoms with Crippen LogP contribution in [0.4, 0.5) is 11.4 Å². The van der Waals surface area contributed by atoms with Crippen molar-refractivity contribution in [2.24, 2.45) is 0 Å². The summed E-state index contributed by atoms with van der Waals surface area (Å²) in [6.45, 7) is 0. The number of anilines is 2. The van der Waals surface area contributed by atoms with E-state index in [0.717, 1.165) is 10.8 Å². The van der Waals surface area contributed by atoms with E-state index < -0.39 is 6.04 Å². The minimum absolute atomic E-state index is 0.0582. The second-order valence-electron chi connectivity index (χ2n) is 7.67. The normalized spacial score (nSPS) is 15.8. The second kappa shape index (κ2) is 8.77. The number of carbonyl (C=O) groups is 2. The molecule has 0 aromatic heterocycles. The number of imide groups is 1. The van der Waals surface area contributed by atoms with Gasteiger partial charge in [0.25, 0.3) is 5.91 Å². The number of hydrogen-bond acceptors (Lipinski definition) is 4. The van der Waals surface area contributed by atoms with Gasteiger partial charge in [-0.25, -0.2) is 4.90 Å². The Bertz CT molecular complexity index is 1370. The van der Waals surface area contributed by atoms with Gasteiger partial charge in [0.2, 0.25) is 5.91 Å². The van der Waals surface area contributed by atoms with Gasteiger partial charge in [-0.15, -0.1) is 0 Å². The third-order valence-corrected chi connectivity index (χ3v) is 6.02. The van der Waals surface area contributed by atoms with Crippen LogP contribution < -0.4 is 15.0 Å². The average molecular weight is 477 g/mol. The van der Waals surface area contributed by atoms with E-state index in [2.05, 4.69) is 5.32 Å². The molecule has 1 atom stereocenters. The molecule has 164 valence electrons. The van der Waals surface area contributed by atoms with Crippen LogP contribution in [-0.2, 0) is 9.59 Å². The van der Waals surface area contributed by atoms with Crippen molar-refractivity contribution in [1.82, 2.24) is 0 Å². The molecule has 5 rings (SSSR count). The van der Waals surface area contributed by atoms with Gasteiger partial charge in [-0.3, -0.25) is 9.59 Å². The molecule has 1 fully saturated rings. The van der Waals surface area contributed by atoms with Gasteiger partial charge in [0, 0.05) is 16.1 Å². The summed E-state index contributed by atoms with van der Waals surface area (Å²) in [7, 11) is 0. The third kappa shape index (κ3) is 4.25. The van der Waals surface area contributed by atoms with E-state index in [4.69, 9.17) is 27.9 Å². The van der Waals surface area contributed by atoms with Gasteiger partial charge < -0.3 is 10.1 Å². The third-order valence-electron chi connectivity index (χ3n) is 5.47. The first-order chi connectivity index (χ1) is 16.0. The van der Waals surface area contributed by atoms with Crippen molar-refractivity contribution in [3.05, 3.63) is 95.0 Å². The molecule has 0 bridgehead atoms. The zero-order chi connectivity index (χ0) is 22.9. The lowest BCUT2D eigenvalue weighted by Crippen LogP contribution is -2.34. The zero-order valence-electron chi connectivity index (χ0n) is 17.3. The number of benzene rings is 4. The van der Waals surface area contributed by atoms with E-state index in [0.29, 0.717) is 32.9 Å². The number of rotatable bonds is 5. The molecule has 0 radical (unpaired) electrons. The molecule has 1 aliphatic rings. The van der Waals surface area contributed by atoms with E-state index in [1.807, 2.05) is 36.4 Å². The lowest BCUT2D eigenvalue weighted by Gasteiger charge is -2.18. The maximum Gasteiger partial charge on any atom is 0.256 e. The first-order valence-electron chi connectivity index (χ1n) is 10.3. The number of carbonyl (C=O) groups excluding carboxylic acids is 2. The van der Waals surface area contributed by atoms with Crippen LogP contribution in [0.1, 0.15) is 6.42 Å². The van der Waals surface area contributed by atoms with Gasteiger partial charge >= 0.3 is 0 Å². The van der Waals surface area contributed by atoms with Crippen molar-refractivity contribution >= 4 is 57.2 Å². The molecule has 4 aromatic carbocycles. The monoisotopic (exact) mass is 476 g/mol. The Morgan fingerprint density at radius 2 is 1.64 bits per heavy atom. The van der Waals surface area contributed by atoms with Crippen LogP contribution in [0.5, 0.6) is 11.5 Å². The van der Waals surface area contributed by atoms with Crippen LogP contribution in [-0.4, -0.2) is 17.9 Å². The number of fused-ring (bicyclic) bond motifs is 1. The summed E-state index contributed by atoms with van der Waals surface area (Å²) in [6, 6.07) is 24.7. The number of halogens is 2. The summed E-state index contributed by atoms with van der Waals surface area (Å²) in [5.74, 6) is 0.525. The van der Waals surface area contributed by atoms with Crippen molar-refractivity contribution in [3.63, 3.8) is 0 Å². The molecule has 4 aromatic rings. The Kier molecular flexibility index (Phi) is 5.67. The highest BCUT2D eigenvalue weighted by molar-refractivity contribution is 6.32. The van der Waals surface area contributed by atoms with Gasteiger partial charge in [-0.1, -0.05) is 59.6 Å². The Balaban J connectivity index is 1.34. The predicted octanol–water partition coefficient (Wildman–Crippen LogP) is 6.68. The highest BCUT2D eigenvalue weighted by Crippen LogP contribution is 2.34. The van der Waals surface area contributed by atoms with Gasteiger partial charge in [0.1, 0.15) is 17.5 Å². The average Bonchev–Trinajstić information content (AvgIpc) is 3.09. The van der Waals surface area contributed by atoms with Crippen LogP contribution in [0.3, 0.4) is 0 Å². The summed E-state index contributed by atoms with van der Waals surface area (Å²) in [4.78, 5) is 27.2. The number of ether oxygens (including phenoxy) is 1. The van der Waals surface area contributed by atoms with Crippen LogP contribution in [0.15, 0.2) is 84.9 Å². The fourth-order valence-electron chi connectivity index (χ4n) is 3.91. The molecule has 1 saturated heterocycles. The maximum atomic E-state index is 13.2. The molecule has 1 unspecified atom stereocenters. The van der Waals surface area contributed by atoms with Crippen molar-refractivity contribution in [2.45, 2.75) is 12.5 Å². The molecule has 33 heavy (non-hydrogen) atoms. The van der Waals surface area contributed by atoms with Crippen LogP contribution in [0.2, 0.25) is 10.0 Å². The van der Waals surface area contributed by atoms with Crippen molar-refractivity contribution in [3.8, 4) is 11.5 Å². The molecule has 0 aliphatic carbocycles. The molecule has 1 N–H and O–H groups in total. The van der Waals surface area contributed by atoms with E-state index in [-0.39, 0.29) is 18.2 Å². The Morgan fingerprint density at radius 1 is 0.879 bits per heavy atom. The van der Waals surface area contributed by atoms with Crippen molar-refractivity contribution < 1.29 is 14.3 Å². The standard InChI is InChI=1S/C26H18Cl2N2O3/c27-17-8-11-19(12-9-17)33-24-13-10-18(14-21(24)28)29-22-15-25(31)30(26(22)32)23-7-3-5-16-4-1-2-6-20(16)23/h1-14,22,29H,15H2. The van der Waals surface area contributed by atoms with E-state index in [9.17, 15) is 9.59 Å². The predicted molar refractivity (Wildman–Crippen MR) is 131 cm³/mol. The summed E-state index contributed by atoms with van der Waals surface area (Å²) in [6.07, 6.45) is 0.0582. The van der Waals surface area contributed by atoms with Crippen molar-refractivity contribution in [2.75, 3.05) is 10.2 Å². The molecular formula is C26H18Cl2N2O3. The minimum atomic E-state index is -0.685. The quantitative estimate of drug-likeness (QED) is 0.326. The Labute approximate surface area is 200 Å². The van der Waals surface area contributed by atoms with Crippen LogP contribution in [0, 0.1) is 0 Å². The number of nitrogens with one attached hydrogen (secondary N) is 1. The van der Waals surface area contributed by atoms with E-state index in [1.165, 1.54) is 4.90 Å².